The molecule has 19 heavy (non-hydrogen) atoms. The molecule has 0 radical (unpaired) electrons. The Morgan fingerprint density at radius 2 is 1.95 bits per heavy atom. The number of hydrogen-bond acceptors (Lipinski definition) is 3. The molecular formula is C14H19N3O2. The molecule has 1 heterocycles. The average Bonchev–Trinajstić information content (AvgIpc) is 2.64. The molecular weight excluding hydrogens is 242 g/mol. The second kappa shape index (κ2) is 6.33. The maximum absolute atomic E-state index is 12.1. The minimum absolute atomic E-state index is 0.00227. The Balaban J connectivity index is 1.97. The van der Waals surface area contributed by atoms with Crippen molar-refractivity contribution in [2.75, 3.05) is 19.6 Å². The first-order chi connectivity index (χ1) is 9.19. The molecule has 102 valence electrons. The van der Waals surface area contributed by atoms with E-state index in [0.717, 1.165) is 17.5 Å². The fourth-order valence-electron chi connectivity index (χ4n) is 2.10. The minimum Gasteiger partial charge on any atom is -0.354 e. The molecule has 0 bridgehead atoms. The molecule has 2 rings (SSSR count). The average molecular weight is 261 g/mol. The van der Waals surface area contributed by atoms with Crippen molar-refractivity contribution in [3.05, 3.63) is 35.4 Å². The van der Waals surface area contributed by atoms with Gasteiger partial charge in [0.25, 0.3) is 0 Å². The molecule has 2 amide bonds. The van der Waals surface area contributed by atoms with Crippen molar-refractivity contribution in [2.24, 2.45) is 5.73 Å². The zero-order valence-corrected chi connectivity index (χ0v) is 10.9. The molecule has 1 aromatic rings. The third kappa shape index (κ3) is 3.79. The summed E-state index contributed by atoms with van der Waals surface area (Å²) in [6.45, 7) is 1.95. The van der Waals surface area contributed by atoms with Crippen molar-refractivity contribution in [3.63, 3.8) is 0 Å². The molecule has 0 aromatic heterocycles. The summed E-state index contributed by atoms with van der Waals surface area (Å²) in [7, 11) is 0. The summed E-state index contributed by atoms with van der Waals surface area (Å²) in [6.07, 6.45) is 1.14. The first-order valence-electron chi connectivity index (χ1n) is 6.51. The second-order valence-corrected chi connectivity index (χ2v) is 4.72. The summed E-state index contributed by atoms with van der Waals surface area (Å²) in [4.78, 5) is 25.2. The van der Waals surface area contributed by atoms with Gasteiger partial charge in [-0.2, -0.15) is 0 Å². The van der Waals surface area contributed by atoms with E-state index in [1.807, 2.05) is 24.3 Å². The third-order valence-electron chi connectivity index (χ3n) is 3.23. The number of carbonyl (C=O) groups is 2. The van der Waals surface area contributed by atoms with Gasteiger partial charge in [0.1, 0.15) is 0 Å². The van der Waals surface area contributed by atoms with Gasteiger partial charge in [-0.05, 0) is 17.5 Å². The summed E-state index contributed by atoms with van der Waals surface area (Å²) in [6, 6.07) is 7.69. The quantitative estimate of drug-likeness (QED) is 0.806. The Hall–Kier alpha value is -1.88. The molecule has 5 nitrogen and oxygen atoms in total. The molecule has 0 saturated carbocycles. The van der Waals surface area contributed by atoms with Crippen LogP contribution in [0.25, 0.3) is 0 Å². The predicted molar refractivity (Wildman–Crippen MR) is 72.2 cm³/mol. The predicted octanol–water partition coefficient (Wildman–Crippen LogP) is 0.0363. The van der Waals surface area contributed by atoms with Gasteiger partial charge in [0.15, 0.2) is 0 Å². The lowest BCUT2D eigenvalue weighted by Crippen LogP contribution is -2.38. The lowest BCUT2D eigenvalue weighted by molar-refractivity contribution is -0.134. The van der Waals surface area contributed by atoms with Crippen LogP contribution in [0.1, 0.15) is 17.5 Å². The fourth-order valence-corrected chi connectivity index (χ4v) is 2.10. The molecule has 1 aliphatic heterocycles. The van der Waals surface area contributed by atoms with Crippen molar-refractivity contribution in [2.45, 2.75) is 19.4 Å². The van der Waals surface area contributed by atoms with Crippen molar-refractivity contribution >= 4 is 11.8 Å². The van der Waals surface area contributed by atoms with E-state index in [0.29, 0.717) is 26.1 Å². The Labute approximate surface area is 112 Å². The van der Waals surface area contributed by atoms with Crippen LogP contribution in [0.3, 0.4) is 0 Å². The molecule has 1 aliphatic rings. The Bertz CT molecular complexity index is 456. The van der Waals surface area contributed by atoms with Crippen LogP contribution in [-0.2, 0) is 22.6 Å². The zero-order valence-electron chi connectivity index (χ0n) is 10.9. The lowest BCUT2D eigenvalue weighted by Gasteiger charge is -2.19. The van der Waals surface area contributed by atoms with E-state index >= 15 is 0 Å². The van der Waals surface area contributed by atoms with E-state index < -0.39 is 0 Å². The van der Waals surface area contributed by atoms with Crippen molar-refractivity contribution in [3.8, 4) is 0 Å². The maximum atomic E-state index is 12.1. The van der Waals surface area contributed by atoms with Crippen LogP contribution in [0.5, 0.6) is 0 Å². The highest BCUT2D eigenvalue weighted by atomic mass is 16.2. The van der Waals surface area contributed by atoms with Crippen LogP contribution in [-0.4, -0.2) is 36.3 Å². The minimum atomic E-state index is -0.0793. The lowest BCUT2D eigenvalue weighted by atomic mass is 10.1. The molecule has 0 spiro atoms. The molecule has 1 saturated heterocycles. The van der Waals surface area contributed by atoms with E-state index in [1.165, 1.54) is 0 Å². The molecule has 1 fully saturated rings. The van der Waals surface area contributed by atoms with Gasteiger partial charge in [-0.25, -0.2) is 0 Å². The fraction of sp³-hybridized carbons (Fsp3) is 0.429. The molecule has 0 atom stereocenters. The second-order valence-electron chi connectivity index (χ2n) is 4.72. The number of nitrogens with one attached hydrogen (secondary N) is 1. The number of benzene rings is 1. The standard InChI is InChI=1S/C14H19N3O2/c15-9-12-4-2-11(3-5-12)8-14(19)17-7-1-6-16-13(18)10-17/h2-5H,1,6-10,15H2,(H,16,18). The van der Waals surface area contributed by atoms with E-state index in [1.54, 1.807) is 4.90 Å². The van der Waals surface area contributed by atoms with Gasteiger partial charge < -0.3 is 16.0 Å². The molecule has 1 aromatic carbocycles. The van der Waals surface area contributed by atoms with E-state index in [2.05, 4.69) is 5.32 Å². The molecule has 5 heteroatoms. The summed E-state index contributed by atoms with van der Waals surface area (Å²) in [5.74, 6) is -0.0816. The van der Waals surface area contributed by atoms with Gasteiger partial charge in [-0.15, -0.1) is 0 Å². The first kappa shape index (κ1) is 13.5. The van der Waals surface area contributed by atoms with Gasteiger partial charge in [0, 0.05) is 19.6 Å². The Morgan fingerprint density at radius 3 is 2.63 bits per heavy atom. The van der Waals surface area contributed by atoms with E-state index in [-0.39, 0.29) is 18.4 Å². The van der Waals surface area contributed by atoms with Crippen LogP contribution < -0.4 is 11.1 Å². The molecule has 0 unspecified atom stereocenters. The molecule has 3 N–H and O–H groups in total. The number of rotatable bonds is 3. The topological polar surface area (TPSA) is 75.4 Å². The third-order valence-corrected chi connectivity index (χ3v) is 3.23. The van der Waals surface area contributed by atoms with Crippen molar-refractivity contribution < 1.29 is 9.59 Å². The number of hydrogen-bond donors (Lipinski definition) is 2. The van der Waals surface area contributed by atoms with Crippen LogP contribution in [0, 0.1) is 0 Å². The zero-order chi connectivity index (χ0) is 13.7. The van der Waals surface area contributed by atoms with E-state index in [4.69, 9.17) is 5.73 Å². The van der Waals surface area contributed by atoms with Gasteiger partial charge in [0.05, 0.1) is 13.0 Å². The first-order valence-corrected chi connectivity index (χ1v) is 6.51. The van der Waals surface area contributed by atoms with E-state index in [9.17, 15) is 9.59 Å². The highest BCUT2D eigenvalue weighted by molar-refractivity contribution is 5.86. The summed E-state index contributed by atoms with van der Waals surface area (Å²) < 4.78 is 0. The van der Waals surface area contributed by atoms with Crippen molar-refractivity contribution in [1.29, 1.82) is 0 Å². The van der Waals surface area contributed by atoms with Crippen LogP contribution >= 0.6 is 0 Å². The monoisotopic (exact) mass is 261 g/mol. The van der Waals surface area contributed by atoms with Gasteiger partial charge in [-0.1, -0.05) is 24.3 Å². The summed E-state index contributed by atoms with van der Waals surface area (Å²) in [5, 5.41) is 2.76. The maximum Gasteiger partial charge on any atom is 0.239 e. The summed E-state index contributed by atoms with van der Waals surface area (Å²) >= 11 is 0. The van der Waals surface area contributed by atoms with Gasteiger partial charge >= 0.3 is 0 Å². The largest absolute Gasteiger partial charge is 0.354 e. The summed E-state index contributed by atoms with van der Waals surface area (Å²) in [5.41, 5.74) is 7.53. The SMILES string of the molecule is NCc1ccc(CC(=O)N2CCCNC(=O)C2)cc1. The molecule has 0 aliphatic carbocycles. The highest BCUT2D eigenvalue weighted by Crippen LogP contribution is 2.07. The normalized spacial score (nSPS) is 15.8. The smallest absolute Gasteiger partial charge is 0.239 e. The van der Waals surface area contributed by atoms with Crippen molar-refractivity contribution in [1.82, 2.24) is 10.2 Å². The van der Waals surface area contributed by atoms with Crippen LogP contribution in [0.4, 0.5) is 0 Å². The number of amides is 2. The van der Waals surface area contributed by atoms with Gasteiger partial charge in [0.2, 0.25) is 11.8 Å². The van der Waals surface area contributed by atoms with Gasteiger partial charge in [-0.3, -0.25) is 9.59 Å². The number of nitrogens with zero attached hydrogens (tertiary/aromatic N) is 1. The highest BCUT2D eigenvalue weighted by Gasteiger charge is 2.19. The Kier molecular flexibility index (Phi) is 4.52. The Morgan fingerprint density at radius 1 is 1.26 bits per heavy atom. The van der Waals surface area contributed by atoms with Crippen LogP contribution in [0.2, 0.25) is 0 Å². The number of nitrogens with two attached hydrogens (primary N) is 1. The van der Waals surface area contributed by atoms with Crippen LogP contribution in [0.15, 0.2) is 24.3 Å². The number of carbonyl (C=O) groups excluding carboxylic acids is 2.